The van der Waals surface area contributed by atoms with Crippen molar-refractivity contribution in [2.45, 2.75) is 17.5 Å². The van der Waals surface area contributed by atoms with E-state index in [2.05, 4.69) is 15.0 Å². The summed E-state index contributed by atoms with van der Waals surface area (Å²) in [5.74, 6) is 0.282. The topological polar surface area (TPSA) is 107 Å². The lowest BCUT2D eigenvalue weighted by molar-refractivity contribution is -0.118. The largest absolute Gasteiger partial charge is 0.368 e. The number of aromatic amines is 1. The Morgan fingerprint density at radius 3 is 2.58 bits per heavy atom. The van der Waals surface area contributed by atoms with E-state index in [-0.39, 0.29) is 12.1 Å². The number of nitrogens with zero attached hydrogens (tertiary/aromatic N) is 3. The van der Waals surface area contributed by atoms with Crippen molar-refractivity contribution in [1.82, 2.24) is 19.5 Å². The number of carbonyl (C=O) groups is 1. The summed E-state index contributed by atoms with van der Waals surface area (Å²) in [6.45, 7) is -0.202. The lowest BCUT2D eigenvalue weighted by atomic mass is 10.2. The Morgan fingerprint density at radius 1 is 1.08 bits per heavy atom. The van der Waals surface area contributed by atoms with Crippen molar-refractivity contribution >= 4 is 39.6 Å². The molecule has 0 saturated carbocycles. The molecule has 4 aromatic rings. The molecule has 0 spiro atoms. The van der Waals surface area contributed by atoms with Crippen LogP contribution in [0.15, 0.2) is 58.5 Å². The number of primary amides is 1. The summed E-state index contributed by atoms with van der Waals surface area (Å²) in [6.07, 6.45) is 0. The van der Waals surface area contributed by atoms with E-state index < -0.39 is 5.91 Å². The number of hydrogen-bond acceptors (Lipinski definition) is 5. The smallest absolute Gasteiger partial charge is 0.261 e. The van der Waals surface area contributed by atoms with Crippen LogP contribution in [-0.4, -0.2) is 25.4 Å². The maximum absolute atomic E-state index is 12.7. The Hall–Kier alpha value is -3.13. The summed E-state index contributed by atoms with van der Waals surface area (Å²) >= 11 is 1.42. The Kier molecular flexibility index (Phi) is 4.18. The highest BCUT2D eigenvalue weighted by Gasteiger charge is 2.14. The van der Waals surface area contributed by atoms with Gasteiger partial charge in [0.25, 0.3) is 5.56 Å². The number of H-pyrrole nitrogens is 1. The highest BCUT2D eigenvalue weighted by molar-refractivity contribution is 7.98. The van der Waals surface area contributed by atoms with Crippen LogP contribution in [0, 0.1) is 0 Å². The number of nitrogens with two attached hydrogens (primary N) is 1. The first-order valence-electron chi connectivity index (χ1n) is 7.96. The number of amides is 1. The average molecular weight is 365 g/mol. The number of benzene rings is 2. The maximum Gasteiger partial charge on any atom is 0.261 e. The van der Waals surface area contributed by atoms with Crippen molar-refractivity contribution in [2.75, 3.05) is 0 Å². The predicted molar refractivity (Wildman–Crippen MR) is 101 cm³/mol. The van der Waals surface area contributed by atoms with E-state index in [0.717, 1.165) is 16.2 Å². The van der Waals surface area contributed by atoms with Crippen LogP contribution < -0.4 is 11.3 Å². The standard InChI is InChI=1S/C18H15N5O2S/c19-15(24)9-23-16(20-12-6-2-1-5-11(12)17(23)25)10-26-18-21-13-7-3-4-8-14(13)22-18/h1-8H,9-10H2,(H2,19,24)(H,21,22). The van der Waals surface area contributed by atoms with Gasteiger partial charge in [-0.2, -0.15) is 0 Å². The molecule has 0 radical (unpaired) electrons. The molecule has 2 heterocycles. The molecule has 26 heavy (non-hydrogen) atoms. The minimum absolute atomic E-state index is 0.202. The summed E-state index contributed by atoms with van der Waals surface area (Å²) < 4.78 is 1.33. The molecule has 0 fully saturated rings. The zero-order valence-electron chi connectivity index (χ0n) is 13.7. The summed E-state index contributed by atoms with van der Waals surface area (Å²) in [5.41, 5.74) is 7.45. The van der Waals surface area contributed by atoms with Crippen LogP contribution in [0.3, 0.4) is 0 Å². The third kappa shape index (κ3) is 3.06. The second-order valence-corrected chi connectivity index (χ2v) is 6.71. The second-order valence-electron chi connectivity index (χ2n) is 5.75. The summed E-state index contributed by atoms with van der Waals surface area (Å²) in [7, 11) is 0. The summed E-state index contributed by atoms with van der Waals surface area (Å²) in [5, 5.41) is 1.19. The van der Waals surface area contributed by atoms with Gasteiger partial charge in [0, 0.05) is 0 Å². The van der Waals surface area contributed by atoms with Gasteiger partial charge < -0.3 is 10.7 Å². The van der Waals surface area contributed by atoms with Crippen LogP contribution in [0.2, 0.25) is 0 Å². The molecule has 2 aromatic carbocycles. The quantitative estimate of drug-likeness (QED) is 0.527. The van der Waals surface area contributed by atoms with Crippen molar-refractivity contribution < 1.29 is 4.79 Å². The average Bonchev–Trinajstić information content (AvgIpc) is 3.05. The molecule has 0 aliphatic rings. The fraction of sp³-hybridized carbons (Fsp3) is 0.111. The van der Waals surface area contributed by atoms with E-state index in [1.807, 2.05) is 30.3 Å². The molecule has 1 amide bonds. The zero-order chi connectivity index (χ0) is 18.1. The fourth-order valence-electron chi connectivity index (χ4n) is 2.77. The molecule has 0 atom stereocenters. The first-order valence-corrected chi connectivity index (χ1v) is 8.94. The van der Waals surface area contributed by atoms with Gasteiger partial charge in [-0.15, -0.1) is 0 Å². The second kappa shape index (κ2) is 6.64. The number of thioether (sulfide) groups is 1. The molecule has 3 N–H and O–H groups in total. The van der Waals surface area contributed by atoms with Gasteiger partial charge in [-0.1, -0.05) is 36.0 Å². The van der Waals surface area contributed by atoms with Crippen molar-refractivity contribution in [1.29, 1.82) is 0 Å². The fourth-order valence-corrected chi connectivity index (χ4v) is 3.60. The van der Waals surface area contributed by atoms with Gasteiger partial charge in [-0.25, -0.2) is 9.97 Å². The SMILES string of the molecule is NC(=O)Cn1c(CSc2nc3ccccc3[nH]2)nc2ccccc2c1=O. The molecule has 0 bridgehead atoms. The van der Waals surface area contributed by atoms with E-state index in [1.54, 1.807) is 18.2 Å². The zero-order valence-corrected chi connectivity index (χ0v) is 14.5. The molecule has 2 aromatic heterocycles. The van der Waals surface area contributed by atoms with Crippen LogP contribution in [0.25, 0.3) is 21.9 Å². The number of fused-ring (bicyclic) bond motifs is 2. The normalized spacial score (nSPS) is 11.2. The molecular weight excluding hydrogens is 350 g/mol. The van der Waals surface area contributed by atoms with Crippen molar-refractivity contribution in [3.63, 3.8) is 0 Å². The molecule has 0 saturated heterocycles. The van der Waals surface area contributed by atoms with Crippen LogP contribution in [0.5, 0.6) is 0 Å². The van der Waals surface area contributed by atoms with Gasteiger partial charge in [-0.05, 0) is 24.3 Å². The van der Waals surface area contributed by atoms with Crippen molar-refractivity contribution in [3.05, 3.63) is 64.7 Å². The molecule has 7 nitrogen and oxygen atoms in total. The van der Waals surface area contributed by atoms with Gasteiger partial charge in [0.1, 0.15) is 12.4 Å². The highest BCUT2D eigenvalue weighted by atomic mass is 32.2. The Labute approximate surface area is 152 Å². The van der Waals surface area contributed by atoms with Gasteiger partial charge in [0.15, 0.2) is 5.16 Å². The van der Waals surface area contributed by atoms with E-state index in [9.17, 15) is 9.59 Å². The Balaban J connectivity index is 1.72. The van der Waals surface area contributed by atoms with Gasteiger partial charge in [0.2, 0.25) is 5.91 Å². The molecular formula is C18H15N5O2S. The van der Waals surface area contributed by atoms with Gasteiger partial charge in [0.05, 0.1) is 27.7 Å². The number of para-hydroxylation sites is 3. The molecule has 0 unspecified atom stereocenters. The van der Waals surface area contributed by atoms with Crippen molar-refractivity contribution in [3.8, 4) is 0 Å². The van der Waals surface area contributed by atoms with Gasteiger partial charge in [-0.3, -0.25) is 14.2 Å². The number of aromatic nitrogens is 4. The first kappa shape index (κ1) is 16.3. The Bertz CT molecular complexity index is 1150. The highest BCUT2D eigenvalue weighted by Crippen LogP contribution is 2.22. The van der Waals surface area contributed by atoms with E-state index in [4.69, 9.17) is 5.73 Å². The van der Waals surface area contributed by atoms with Crippen LogP contribution in [0.1, 0.15) is 5.82 Å². The number of nitrogens with one attached hydrogen (secondary N) is 1. The number of imidazole rings is 1. The lowest BCUT2D eigenvalue weighted by Crippen LogP contribution is -2.31. The van der Waals surface area contributed by atoms with Crippen LogP contribution >= 0.6 is 11.8 Å². The maximum atomic E-state index is 12.7. The number of rotatable bonds is 5. The van der Waals surface area contributed by atoms with Crippen LogP contribution in [-0.2, 0) is 17.1 Å². The predicted octanol–water partition coefficient (Wildman–Crippen LogP) is 2.05. The van der Waals surface area contributed by atoms with E-state index >= 15 is 0 Å². The molecule has 8 heteroatoms. The molecule has 4 rings (SSSR count). The number of carbonyl (C=O) groups excluding carboxylic acids is 1. The monoisotopic (exact) mass is 365 g/mol. The third-order valence-corrected chi connectivity index (χ3v) is 4.83. The summed E-state index contributed by atoms with van der Waals surface area (Å²) in [6, 6.07) is 14.8. The van der Waals surface area contributed by atoms with Gasteiger partial charge >= 0.3 is 0 Å². The Morgan fingerprint density at radius 2 is 1.81 bits per heavy atom. The molecule has 0 aliphatic heterocycles. The lowest BCUT2D eigenvalue weighted by Gasteiger charge is -2.11. The molecule has 130 valence electrons. The molecule has 0 aliphatic carbocycles. The third-order valence-electron chi connectivity index (χ3n) is 3.96. The number of hydrogen-bond donors (Lipinski definition) is 2. The van der Waals surface area contributed by atoms with E-state index in [0.29, 0.717) is 22.5 Å². The minimum atomic E-state index is -0.584. The summed E-state index contributed by atoms with van der Waals surface area (Å²) in [4.78, 5) is 36.4. The van der Waals surface area contributed by atoms with Crippen molar-refractivity contribution in [2.24, 2.45) is 5.73 Å². The van der Waals surface area contributed by atoms with E-state index in [1.165, 1.54) is 16.3 Å². The minimum Gasteiger partial charge on any atom is -0.368 e. The van der Waals surface area contributed by atoms with Crippen LogP contribution in [0.4, 0.5) is 0 Å². The first-order chi connectivity index (χ1) is 12.6.